The summed E-state index contributed by atoms with van der Waals surface area (Å²) >= 11 is 0. The third kappa shape index (κ3) is 6.16. The van der Waals surface area contributed by atoms with Crippen LogP contribution >= 0.6 is 0 Å². The van der Waals surface area contributed by atoms with Crippen molar-refractivity contribution in [2.75, 3.05) is 0 Å². The van der Waals surface area contributed by atoms with Crippen LogP contribution in [-0.2, 0) is 28.4 Å². The normalized spacial score (nSPS) is 41.3. The maximum absolute atomic E-state index is 10.2. The molecule has 4 saturated heterocycles. The molecule has 0 saturated carbocycles. The minimum absolute atomic E-state index is 0. The van der Waals surface area contributed by atoms with Crippen LogP contribution < -0.4 is 0 Å². The summed E-state index contributed by atoms with van der Waals surface area (Å²) in [4.78, 5) is 0. The molecule has 0 aromatic rings. The summed E-state index contributed by atoms with van der Waals surface area (Å²) in [7, 11) is 0. The van der Waals surface area contributed by atoms with E-state index in [0.29, 0.717) is 12.3 Å². The van der Waals surface area contributed by atoms with Crippen molar-refractivity contribution < 1.29 is 33.5 Å². The number of ether oxygens (including phenoxy) is 6. The SMILES string of the molecule is C.C.CCC(C)(C)[C@H]1O[C@@H]2OC(C)(C)O[C@@H]2[C@@H]1C.CC[C@@](C)(O)[C@H]1O[C@@H]2OC(C)(C)O[C@@H]2[C@@H]1C. The standard InChI is InChI=1S/C13H24O3.C12H22O4.2CH4/c1-7-12(3,4)10-8(2)9-11(14-10)16-13(5,6)15-9;1-6-12(5,13)9-7(2)8-10(14-9)16-11(3,4)15-8;;/h8-11H,7H2,1-6H3;7-10,13H,6H2,1-5H3;2*1H4/t8-,9+,10-,11+;7-,8+,9-,10+,12+;;/m00../s1. The van der Waals surface area contributed by atoms with Crippen LogP contribution in [0.5, 0.6) is 0 Å². The molecule has 0 aliphatic carbocycles. The fourth-order valence-corrected chi connectivity index (χ4v) is 5.33. The van der Waals surface area contributed by atoms with Crippen LogP contribution in [0.4, 0.5) is 0 Å². The third-order valence-corrected chi connectivity index (χ3v) is 7.74. The van der Waals surface area contributed by atoms with Gasteiger partial charge in [0.05, 0.1) is 17.8 Å². The smallest absolute Gasteiger partial charge is 0.187 e. The Morgan fingerprint density at radius 2 is 1.06 bits per heavy atom. The van der Waals surface area contributed by atoms with E-state index >= 15 is 0 Å². The van der Waals surface area contributed by atoms with E-state index in [1.807, 2.05) is 41.5 Å². The maximum atomic E-state index is 10.2. The highest BCUT2D eigenvalue weighted by Crippen LogP contribution is 2.47. The zero-order valence-corrected chi connectivity index (χ0v) is 21.9. The molecular weight excluding hydrogens is 436 g/mol. The Hall–Kier alpha value is -0.280. The molecule has 0 aromatic carbocycles. The second-order valence-electron chi connectivity index (χ2n) is 11.8. The van der Waals surface area contributed by atoms with E-state index in [-0.39, 0.29) is 63.2 Å². The summed E-state index contributed by atoms with van der Waals surface area (Å²) in [5, 5.41) is 10.2. The molecule has 0 unspecified atom stereocenters. The summed E-state index contributed by atoms with van der Waals surface area (Å²) in [6.07, 6.45) is 1.26. The monoisotopic (exact) mass is 490 g/mol. The Kier molecular flexibility index (Phi) is 9.90. The van der Waals surface area contributed by atoms with Crippen LogP contribution in [0.15, 0.2) is 0 Å². The van der Waals surface area contributed by atoms with Crippen molar-refractivity contribution in [3.8, 4) is 0 Å². The zero-order chi connectivity index (χ0) is 24.3. The second-order valence-corrected chi connectivity index (χ2v) is 11.8. The van der Waals surface area contributed by atoms with E-state index in [2.05, 4.69) is 27.7 Å². The van der Waals surface area contributed by atoms with Gasteiger partial charge in [0.1, 0.15) is 12.2 Å². The molecule has 4 rings (SSSR count). The van der Waals surface area contributed by atoms with Crippen LogP contribution in [0.3, 0.4) is 0 Å². The van der Waals surface area contributed by atoms with E-state index in [0.717, 1.165) is 6.42 Å². The Morgan fingerprint density at radius 1 is 0.676 bits per heavy atom. The first-order chi connectivity index (χ1) is 14.5. The number of fused-ring (bicyclic) bond motifs is 2. The van der Waals surface area contributed by atoms with E-state index in [1.165, 1.54) is 0 Å². The zero-order valence-electron chi connectivity index (χ0n) is 21.9. The molecular formula is C27H54O7. The average molecular weight is 491 g/mol. The lowest BCUT2D eigenvalue weighted by Gasteiger charge is -2.34. The number of aliphatic hydroxyl groups is 1. The lowest BCUT2D eigenvalue weighted by Crippen LogP contribution is -2.44. The number of hydrogen-bond acceptors (Lipinski definition) is 7. The quantitative estimate of drug-likeness (QED) is 0.528. The fraction of sp³-hybridized carbons (Fsp3) is 1.00. The molecule has 0 spiro atoms. The molecule has 0 bridgehead atoms. The highest BCUT2D eigenvalue weighted by Gasteiger charge is 2.57. The second kappa shape index (κ2) is 10.6. The van der Waals surface area contributed by atoms with Crippen molar-refractivity contribution in [2.24, 2.45) is 17.3 Å². The molecule has 204 valence electrons. The molecule has 4 heterocycles. The molecule has 9 atom stereocenters. The van der Waals surface area contributed by atoms with E-state index in [1.54, 1.807) is 6.92 Å². The van der Waals surface area contributed by atoms with Gasteiger partial charge in [0, 0.05) is 11.8 Å². The van der Waals surface area contributed by atoms with Gasteiger partial charge in [-0.25, -0.2) is 0 Å². The Balaban J connectivity index is 0.000000321. The van der Waals surface area contributed by atoms with Crippen LogP contribution in [0.1, 0.15) is 104 Å². The Morgan fingerprint density at radius 3 is 1.41 bits per heavy atom. The van der Waals surface area contributed by atoms with Gasteiger partial charge in [0.2, 0.25) is 0 Å². The van der Waals surface area contributed by atoms with Crippen LogP contribution in [-0.4, -0.2) is 59.3 Å². The average Bonchev–Trinajstić information content (AvgIpc) is 3.34. The van der Waals surface area contributed by atoms with Crippen molar-refractivity contribution >= 4 is 0 Å². The van der Waals surface area contributed by atoms with Gasteiger partial charge < -0.3 is 33.5 Å². The van der Waals surface area contributed by atoms with Gasteiger partial charge in [-0.05, 0) is 52.9 Å². The molecule has 0 radical (unpaired) electrons. The van der Waals surface area contributed by atoms with Crippen LogP contribution in [0.25, 0.3) is 0 Å². The molecule has 1 N–H and O–H groups in total. The molecule has 4 aliphatic heterocycles. The molecule has 4 fully saturated rings. The third-order valence-electron chi connectivity index (χ3n) is 7.74. The largest absolute Gasteiger partial charge is 0.387 e. The molecule has 7 heteroatoms. The fourth-order valence-electron chi connectivity index (χ4n) is 5.33. The summed E-state index contributed by atoms with van der Waals surface area (Å²) in [5.74, 6) is -0.541. The molecule has 4 aliphatic rings. The predicted octanol–water partition coefficient (Wildman–Crippen LogP) is 5.87. The van der Waals surface area contributed by atoms with Gasteiger partial charge in [-0.1, -0.05) is 56.4 Å². The highest BCUT2D eigenvalue weighted by molar-refractivity contribution is 4.98. The Bertz CT molecular complexity index is 603. The van der Waals surface area contributed by atoms with Crippen molar-refractivity contribution in [2.45, 2.75) is 158 Å². The van der Waals surface area contributed by atoms with Gasteiger partial charge >= 0.3 is 0 Å². The van der Waals surface area contributed by atoms with Gasteiger partial charge in [-0.15, -0.1) is 0 Å². The maximum Gasteiger partial charge on any atom is 0.187 e. The summed E-state index contributed by atoms with van der Waals surface area (Å²) in [5.41, 5.74) is -0.638. The lowest BCUT2D eigenvalue weighted by molar-refractivity contribution is -0.231. The van der Waals surface area contributed by atoms with Crippen LogP contribution in [0.2, 0.25) is 0 Å². The molecule has 0 amide bonds. The minimum Gasteiger partial charge on any atom is -0.387 e. The van der Waals surface area contributed by atoms with Crippen LogP contribution in [0, 0.1) is 17.3 Å². The van der Waals surface area contributed by atoms with Crippen molar-refractivity contribution in [3.63, 3.8) is 0 Å². The van der Waals surface area contributed by atoms with Gasteiger partial charge in [0.15, 0.2) is 24.2 Å². The van der Waals surface area contributed by atoms with Crippen molar-refractivity contribution in [1.29, 1.82) is 0 Å². The highest BCUT2D eigenvalue weighted by atomic mass is 16.8. The number of hydrogen-bond donors (Lipinski definition) is 1. The summed E-state index contributed by atoms with van der Waals surface area (Å²) in [6, 6.07) is 0. The minimum atomic E-state index is -0.819. The summed E-state index contributed by atoms with van der Waals surface area (Å²) in [6.45, 7) is 22.4. The predicted molar refractivity (Wildman–Crippen MR) is 134 cm³/mol. The summed E-state index contributed by atoms with van der Waals surface area (Å²) < 4.78 is 35.0. The first-order valence-corrected chi connectivity index (χ1v) is 12.3. The van der Waals surface area contributed by atoms with Crippen molar-refractivity contribution in [1.82, 2.24) is 0 Å². The van der Waals surface area contributed by atoms with Gasteiger partial charge in [0.25, 0.3) is 0 Å². The van der Waals surface area contributed by atoms with Gasteiger partial charge in [-0.3, -0.25) is 0 Å². The molecule has 34 heavy (non-hydrogen) atoms. The van der Waals surface area contributed by atoms with E-state index < -0.39 is 17.2 Å². The topological polar surface area (TPSA) is 75.6 Å². The molecule has 0 aromatic heterocycles. The van der Waals surface area contributed by atoms with Gasteiger partial charge in [-0.2, -0.15) is 0 Å². The first kappa shape index (κ1) is 31.7. The van der Waals surface area contributed by atoms with E-state index in [9.17, 15) is 5.11 Å². The molecule has 7 nitrogen and oxygen atoms in total. The number of rotatable bonds is 4. The van der Waals surface area contributed by atoms with Crippen molar-refractivity contribution in [3.05, 3.63) is 0 Å². The lowest BCUT2D eigenvalue weighted by atomic mass is 9.78. The Labute approximate surface area is 209 Å². The van der Waals surface area contributed by atoms with E-state index in [4.69, 9.17) is 28.4 Å². The first-order valence-electron chi connectivity index (χ1n) is 12.3.